The molecular formula is C17H16N2O. The summed E-state index contributed by atoms with van der Waals surface area (Å²) in [6.45, 7) is 4.05. The Labute approximate surface area is 118 Å². The second kappa shape index (κ2) is 4.85. The summed E-state index contributed by atoms with van der Waals surface area (Å²) < 4.78 is 1.72. The van der Waals surface area contributed by atoms with E-state index < -0.39 is 0 Å². The first-order chi connectivity index (χ1) is 9.65. The third kappa shape index (κ3) is 2.18. The number of hydrogen-bond acceptors (Lipinski definition) is 2. The Hall–Kier alpha value is -2.55. The average Bonchev–Trinajstić information content (AvgIpc) is 2.81. The van der Waals surface area contributed by atoms with Crippen LogP contribution in [0.4, 0.5) is 0 Å². The average molecular weight is 264 g/mol. The van der Waals surface area contributed by atoms with Gasteiger partial charge in [0.15, 0.2) is 5.75 Å². The van der Waals surface area contributed by atoms with Crippen molar-refractivity contribution in [1.82, 2.24) is 9.78 Å². The van der Waals surface area contributed by atoms with E-state index in [1.165, 1.54) is 0 Å². The van der Waals surface area contributed by atoms with Gasteiger partial charge in [-0.1, -0.05) is 42.0 Å². The minimum absolute atomic E-state index is 0.193. The first-order valence-corrected chi connectivity index (χ1v) is 6.57. The highest BCUT2D eigenvalue weighted by molar-refractivity contribution is 5.66. The molecule has 0 aliphatic rings. The Bertz CT molecular complexity index is 759. The maximum atomic E-state index is 10.1. The number of para-hydroxylation sites is 1. The van der Waals surface area contributed by atoms with Crippen LogP contribution in [0.25, 0.3) is 16.9 Å². The molecule has 3 rings (SSSR count). The molecule has 3 nitrogen and oxygen atoms in total. The zero-order valence-electron chi connectivity index (χ0n) is 11.5. The molecule has 0 bridgehead atoms. The van der Waals surface area contributed by atoms with Crippen LogP contribution in [-0.2, 0) is 0 Å². The van der Waals surface area contributed by atoms with E-state index in [1.807, 2.05) is 62.4 Å². The van der Waals surface area contributed by atoms with Crippen LogP contribution in [0.1, 0.15) is 11.1 Å². The minimum Gasteiger partial charge on any atom is -0.504 e. The van der Waals surface area contributed by atoms with Crippen molar-refractivity contribution >= 4 is 0 Å². The van der Waals surface area contributed by atoms with Crippen molar-refractivity contribution in [2.24, 2.45) is 0 Å². The Morgan fingerprint density at radius 3 is 2.55 bits per heavy atom. The lowest BCUT2D eigenvalue weighted by Crippen LogP contribution is -1.97. The summed E-state index contributed by atoms with van der Waals surface area (Å²) in [7, 11) is 0. The molecule has 0 fully saturated rings. The fraction of sp³-hybridized carbons (Fsp3) is 0.118. The van der Waals surface area contributed by atoms with Crippen LogP contribution in [0.5, 0.6) is 5.75 Å². The van der Waals surface area contributed by atoms with Crippen LogP contribution in [0, 0.1) is 13.8 Å². The Morgan fingerprint density at radius 1 is 1.00 bits per heavy atom. The Kier molecular flexibility index (Phi) is 3.03. The number of rotatable bonds is 2. The Balaban J connectivity index is 2.10. The van der Waals surface area contributed by atoms with E-state index >= 15 is 0 Å². The SMILES string of the molecule is Cc1cccc(-c2nn(-c3ccccc3C)cc2O)c1. The van der Waals surface area contributed by atoms with Gasteiger partial charge in [0.05, 0.1) is 11.9 Å². The summed E-state index contributed by atoms with van der Waals surface area (Å²) in [6, 6.07) is 15.9. The molecular weight excluding hydrogens is 248 g/mol. The molecule has 0 atom stereocenters. The standard InChI is InChI=1S/C17H16N2O/c1-12-6-5-8-14(10-12)17-16(20)11-19(18-17)15-9-4-3-7-13(15)2/h3-11,20H,1-2H3. The van der Waals surface area contributed by atoms with Gasteiger partial charge in [-0.2, -0.15) is 5.10 Å². The van der Waals surface area contributed by atoms with Crippen LogP contribution in [-0.4, -0.2) is 14.9 Å². The molecule has 100 valence electrons. The fourth-order valence-corrected chi connectivity index (χ4v) is 2.31. The lowest BCUT2D eigenvalue weighted by molar-refractivity contribution is 0.477. The summed E-state index contributed by atoms with van der Waals surface area (Å²) in [5, 5.41) is 14.7. The van der Waals surface area contributed by atoms with Gasteiger partial charge in [0.25, 0.3) is 0 Å². The Morgan fingerprint density at radius 2 is 1.80 bits per heavy atom. The molecule has 2 aromatic carbocycles. The zero-order valence-corrected chi connectivity index (χ0v) is 11.5. The van der Waals surface area contributed by atoms with Gasteiger partial charge in [0.2, 0.25) is 0 Å². The normalized spacial score (nSPS) is 10.7. The number of aryl methyl sites for hydroxylation is 2. The number of benzene rings is 2. The van der Waals surface area contributed by atoms with Crippen LogP contribution in [0.2, 0.25) is 0 Å². The predicted molar refractivity (Wildman–Crippen MR) is 80.1 cm³/mol. The van der Waals surface area contributed by atoms with Gasteiger partial charge in [0, 0.05) is 5.56 Å². The van der Waals surface area contributed by atoms with Crippen molar-refractivity contribution in [2.45, 2.75) is 13.8 Å². The number of nitrogens with zero attached hydrogens (tertiary/aromatic N) is 2. The maximum absolute atomic E-state index is 10.1. The lowest BCUT2D eigenvalue weighted by Gasteiger charge is -2.04. The quantitative estimate of drug-likeness (QED) is 0.763. The predicted octanol–water partition coefficient (Wildman–Crippen LogP) is 3.86. The third-order valence-electron chi connectivity index (χ3n) is 3.35. The van der Waals surface area contributed by atoms with Crippen LogP contribution in [0.3, 0.4) is 0 Å². The number of hydrogen-bond donors (Lipinski definition) is 1. The molecule has 0 aliphatic carbocycles. The molecule has 3 aromatic rings. The molecule has 0 saturated carbocycles. The summed E-state index contributed by atoms with van der Waals surface area (Å²) >= 11 is 0. The van der Waals surface area contributed by atoms with Crippen LogP contribution < -0.4 is 0 Å². The lowest BCUT2D eigenvalue weighted by atomic mass is 10.1. The van der Waals surface area contributed by atoms with E-state index in [4.69, 9.17) is 0 Å². The van der Waals surface area contributed by atoms with Crippen molar-refractivity contribution in [2.75, 3.05) is 0 Å². The van der Waals surface area contributed by atoms with Gasteiger partial charge in [-0.15, -0.1) is 0 Å². The van der Waals surface area contributed by atoms with Gasteiger partial charge in [-0.05, 0) is 31.5 Å². The van der Waals surface area contributed by atoms with E-state index in [0.717, 1.165) is 22.4 Å². The monoisotopic (exact) mass is 264 g/mol. The second-order valence-corrected chi connectivity index (χ2v) is 4.96. The van der Waals surface area contributed by atoms with Gasteiger partial charge < -0.3 is 5.11 Å². The van der Waals surface area contributed by atoms with Crippen LogP contribution in [0.15, 0.2) is 54.7 Å². The molecule has 1 N–H and O–H groups in total. The number of aromatic hydroxyl groups is 1. The molecule has 0 saturated heterocycles. The highest BCUT2D eigenvalue weighted by Crippen LogP contribution is 2.29. The molecule has 3 heteroatoms. The highest BCUT2D eigenvalue weighted by atomic mass is 16.3. The second-order valence-electron chi connectivity index (χ2n) is 4.96. The summed E-state index contributed by atoms with van der Waals surface area (Å²) in [5.74, 6) is 0.193. The van der Waals surface area contributed by atoms with E-state index in [0.29, 0.717) is 5.69 Å². The molecule has 0 unspecified atom stereocenters. The van der Waals surface area contributed by atoms with Crippen molar-refractivity contribution in [3.8, 4) is 22.7 Å². The van der Waals surface area contributed by atoms with Crippen LogP contribution >= 0.6 is 0 Å². The smallest absolute Gasteiger partial charge is 0.162 e. The van der Waals surface area contributed by atoms with E-state index in [9.17, 15) is 5.11 Å². The van der Waals surface area contributed by atoms with E-state index in [2.05, 4.69) is 5.10 Å². The van der Waals surface area contributed by atoms with Gasteiger partial charge >= 0.3 is 0 Å². The van der Waals surface area contributed by atoms with Crippen molar-refractivity contribution < 1.29 is 5.11 Å². The van der Waals surface area contributed by atoms with Gasteiger partial charge in [0.1, 0.15) is 5.69 Å². The highest BCUT2D eigenvalue weighted by Gasteiger charge is 2.12. The molecule has 1 heterocycles. The van der Waals surface area contributed by atoms with Gasteiger partial charge in [-0.3, -0.25) is 0 Å². The zero-order chi connectivity index (χ0) is 14.1. The van der Waals surface area contributed by atoms with Crippen molar-refractivity contribution in [1.29, 1.82) is 0 Å². The van der Waals surface area contributed by atoms with Crippen molar-refractivity contribution in [3.05, 3.63) is 65.9 Å². The maximum Gasteiger partial charge on any atom is 0.162 e. The largest absolute Gasteiger partial charge is 0.504 e. The van der Waals surface area contributed by atoms with E-state index in [1.54, 1.807) is 10.9 Å². The molecule has 0 aliphatic heterocycles. The molecule has 0 spiro atoms. The third-order valence-corrected chi connectivity index (χ3v) is 3.35. The van der Waals surface area contributed by atoms with E-state index in [-0.39, 0.29) is 5.75 Å². The summed E-state index contributed by atoms with van der Waals surface area (Å²) in [6.07, 6.45) is 1.65. The number of aromatic nitrogens is 2. The summed E-state index contributed by atoms with van der Waals surface area (Å²) in [5.41, 5.74) is 4.77. The molecule has 20 heavy (non-hydrogen) atoms. The summed E-state index contributed by atoms with van der Waals surface area (Å²) in [4.78, 5) is 0. The first kappa shape index (κ1) is 12.5. The first-order valence-electron chi connectivity index (χ1n) is 6.57. The fourth-order valence-electron chi connectivity index (χ4n) is 2.31. The topological polar surface area (TPSA) is 38.0 Å². The molecule has 0 amide bonds. The molecule has 1 aromatic heterocycles. The minimum atomic E-state index is 0.193. The van der Waals surface area contributed by atoms with Crippen molar-refractivity contribution in [3.63, 3.8) is 0 Å². The molecule has 0 radical (unpaired) electrons. The van der Waals surface area contributed by atoms with Gasteiger partial charge in [-0.25, -0.2) is 4.68 Å².